The quantitative estimate of drug-likeness (QED) is 0.666. The van der Waals surface area contributed by atoms with E-state index in [-0.39, 0.29) is 12.0 Å². The summed E-state index contributed by atoms with van der Waals surface area (Å²) in [5.41, 5.74) is 1.72. The molecular weight excluding hydrogens is 268 g/mol. The van der Waals surface area contributed by atoms with E-state index >= 15 is 0 Å². The molecule has 4 heteroatoms. The predicted octanol–water partition coefficient (Wildman–Crippen LogP) is 4.65. The average Bonchev–Trinajstić information content (AvgIpc) is 2.70. The minimum absolute atomic E-state index is 0.132. The number of rotatable bonds is 1. The number of hydrogen-bond acceptors (Lipinski definition) is 0. The van der Waals surface area contributed by atoms with Crippen molar-refractivity contribution >= 4 is 11.6 Å². The molecule has 2 aromatic carbocycles. The number of aryl methyl sites for hydroxylation is 1. The third kappa shape index (κ3) is 2.01. The van der Waals surface area contributed by atoms with Gasteiger partial charge in [-0.1, -0.05) is 6.08 Å². The standard InChI is InChI=1S/C16H10F4/c1-8-2-14(19)16(15(20)3-8)11-4-9-6-12(17)13(18)7-10(9)5-11/h2-4,6-7H,5H2,1H3. The van der Waals surface area contributed by atoms with Crippen LogP contribution in [0.1, 0.15) is 22.3 Å². The highest BCUT2D eigenvalue weighted by atomic mass is 19.2. The molecule has 0 radical (unpaired) electrons. The van der Waals surface area contributed by atoms with Gasteiger partial charge in [-0.2, -0.15) is 0 Å². The number of halogens is 4. The second-order valence-corrected chi connectivity index (χ2v) is 4.92. The van der Waals surface area contributed by atoms with Crippen molar-refractivity contribution in [3.8, 4) is 0 Å². The Morgan fingerprint density at radius 2 is 1.40 bits per heavy atom. The molecule has 20 heavy (non-hydrogen) atoms. The second kappa shape index (κ2) is 4.47. The lowest BCUT2D eigenvalue weighted by Gasteiger charge is -2.07. The van der Waals surface area contributed by atoms with E-state index < -0.39 is 23.3 Å². The number of benzene rings is 2. The fourth-order valence-electron chi connectivity index (χ4n) is 2.50. The first kappa shape index (κ1) is 12.9. The van der Waals surface area contributed by atoms with E-state index in [1.165, 1.54) is 18.2 Å². The van der Waals surface area contributed by atoms with Gasteiger partial charge in [-0.15, -0.1) is 0 Å². The fraction of sp³-hybridized carbons (Fsp3) is 0.125. The molecule has 1 aliphatic rings. The van der Waals surface area contributed by atoms with E-state index in [0.717, 1.165) is 12.1 Å². The molecule has 0 saturated carbocycles. The van der Waals surface area contributed by atoms with Crippen LogP contribution in [0.5, 0.6) is 0 Å². The molecule has 0 fully saturated rings. The minimum Gasteiger partial charge on any atom is -0.206 e. The van der Waals surface area contributed by atoms with Gasteiger partial charge in [0.05, 0.1) is 0 Å². The van der Waals surface area contributed by atoms with Gasteiger partial charge >= 0.3 is 0 Å². The molecule has 0 saturated heterocycles. The van der Waals surface area contributed by atoms with E-state index in [9.17, 15) is 17.6 Å². The first-order chi connectivity index (χ1) is 9.45. The molecule has 0 bridgehead atoms. The highest BCUT2D eigenvalue weighted by Gasteiger charge is 2.22. The summed E-state index contributed by atoms with van der Waals surface area (Å²) in [5.74, 6) is -3.25. The largest absolute Gasteiger partial charge is 0.206 e. The van der Waals surface area contributed by atoms with Crippen molar-refractivity contribution in [3.63, 3.8) is 0 Å². The summed E-state index contributed by atoms with van der Waals surface area (Å²) in [6.07, 6.45) is 1.68. The lowest BCUT2D eigenvalue weighted by molar-refractivity contribution is 0.507. The molecule has 0 N–H and O–H groups in total. The summed E-state index contributed by atoms with van der Waals surface area (Å²) in [6.45, 7) is 1.60. The fourth-order valence-corrected chi connectivity index (χ4v) is 2.50. The molecule has 0 aromatic heterocycles. The van der Waals surface area contributed by atoms with Gasteiger partial charge in [-0.3, -0.25) is 0 Å². The Hall–Kier alpha value is -2.10. The van der Waals surface area contributed by atoms with Crippen molar-refractivity contribution in [1.29, 1.82) is 0 Å². The normalized spacial score (nSPS) is 13.3. The van der Waals surface area contributed by atoms with E-state index in [1.54, 1.807) is 6.92 Å². The van der Waals surface area contributed by atoms with Gasteiger partial charge in [0, 0.05) is 5.56 Å². The molecule has 0 spiro atoms. The van der Waals surface area contributed by atoms with Crippen LogP contribution in [0.4, 0.5) is 17.6 Å². The van der Waals surface area contributed by atoms with Gasteiger partial charge < -0.3 is 0 Å². The number of allylic oxidation sites excluding steroid dienone is 1. The highest BCUT2D eigenvalue weighted by Crippen LogP contribution is 2.35. The Morgan fingerprint density at radius 1 is 0.800 bits per heavy atom. The maximum absolute atomic E-state index is 13.9. The van der Waals surface area contributed by atoms with Gasteiger partial charge in [0.1, 0.15) is 11.6 Å². The SMILES string of the molecule is Cc1cc(F)c(C2=Cc3cc(F)c(F)cc3C2)c(F)c1. The maximum Gasteiger partial charge on any atom is 0.159 e. The molecule has 0 aliphatic heterocycles. The van der Waals surface area contributed by atoms with Crippen LogP contribution in [0.25, 0.3) is 11.6 Å². The summed E-state index contributed by atoms with van der Waals surface area (Å²) < 4.78 is 54.2. The van der Waals surface area contributed by atoms with Crippen molar-refractivity contribution in [2.75, 3.05) is 0 Å². The lowest BCUT2D eigenvalue weighted by atomic mass is 10.0. The van der Waals surface area contributed by atoms with Crippen molar-refractivity contribution in [2.24, 2.45) is 0 Å². The van der Waals surface area contributed by atoms with Crippen LogP contribution in [0, 0.1) is 30.2 Å². The zero-order valence-electron chi connectivity index (χ0n) is 10.6. The summed E-state index contributed by atoms with van der Waals surface area (Å²) in [4.78, 5) is 0. The van der Waals surface area contributed by atoms with Crippen molar-refractivity contribution in [2.45, 2.75) is 13.3 Å². The zero-order chi connectivity index (χ0) is 14.4. The number of fused-ring (bicyclic) bond motifs is 1. The van der Waals surface area contributed by atoms with Crippen molar-refractivity contribution in [1.82, 2.24) is 0 Å². The third-order valence-electron chi connectivity index (χ3n) is 3.40. The smallest absolute Gasteiger partial charge is 0.159 e. The van der Waals surface area contributed by atoms with Crippen molar-refractivity contribution in [3.05, 3.63) is 69.8 Å². The van der Waals surface area contributed by atoms with E-state index in [4.69, 9.17) is 0 Å². The van der Waals surface area contributed by atoms with Gasteiger partial charge in [0.15, 0.2) is 11.6 Å². The lowest BCUT2D eigenvalue weighted by Crippen LogP contribution is -1.97. The minimum atomic E-state index is -0.967. The Labute approximate surface area is 113 Å². The molecule has 2 aromatic rings. The van der Waals surface area contributed by atoms with Crippen LogP contribution in [-0.4, -0.2) is 0 Å². The molecule has 1 aliphatic carbocycles. The molecule has 102 valence electrons. The first-order valence-corrected chi connectivity index (χ1v) is 6.10. The predicted molar refractivity (Wildman–Crippen MR) is 69.0 cm³/mol. The Kier molecular flexibility index (Phi) is 2.89. The molecule has 0 heterocycles. The third-order valence-corrected chi connectivity index (χ3v) is 3.40. The molecule has 0 unspecified atom stereocenters. The van der Waals surface area contributed by atoms with Crippen LogP contribution in [0.2, 0.25) is 0 Å². The maximum atomic E-state index is 13.9. The molecule has 0 atom stereocenters. The highest BCUT2D eigenvalue weighted by molar-refractivity contribution is 5.88. The monoisotopic (exact) mass is 278 g/mol. The van der Waals surface area contributed by atoms with E-state index in [1.807, 2.05) is 0 Å². The van der Waals surface area contributed by atoms with E-state index in [2.05, 4.69) is 0 Å². The Balaban J connectivity index is 2.09. The van der Waals surface area contributed by atoms with Gasteiger partial charge in [-0.25, -0.2) is 17.6 Å². The van der Waals surface area contributed by atoms with Crippen LogP contribution < -0.4 is 0 Å². The second-order valence-electron chi connectivity index (χ2n) is 4.92. The van der Waals surface area contributed by atoms with Crippen LogP contribution in [0.15, 0.2) is 24.3 Å². The topological polar surface area (TPSA) is 0 Å². The summed E-state index contributed by atoms with van der Waals surface area (Å²) in [5, 5.41) is 0. The molecular formula is C16H10F4. The van der Waals surface area contributed by atoms with E-state index in [0.29, 0.717) is 22.3 Å². The molecule has 3 rings (SSSR count). The van der Waals surface area contributed by atoms with Crippen LogP contribution in [-0.2, 0) is 6.42 Å². The summed E-state index contributed by atoms with van der Waals surface area (Å²) in [6, 6.07) is 4.59. The Morgan fingerprint density at radius 3 is 2.05 bits per heavy atom. The van der Waals surface area contributed by atoms with Crippen molar-refractivity contribution < 1.29 is 17.6 Å². The molecule has 0 nitrogen and oxygen atoms in total. The van der Waals surface area contributed by atoms with Gasteiger partial charge in [0.25, 0.3) is 0 Å². The van der Waals surface area contributed by atoms with Crippen LogP contribution >= 0.6 is 0 Å². The first-order valence-electron chi connectivity index (χ1n) is 6.10. The molecule has 0 amide bonds. The van der Waals surface area contributed by atoms with Gasteiger partial charge in [-0.05, 0) is 59.9 Å². The zero-order valence-corrected chi connectivity index (χ0v) is 10.6. The summed E-state index contributed by atoms with van der Waals surface area (Å²) >= 11 is 0. The van der Waals surface area contributed by atoms with Gasteiger partial charge in [0.2, 0.25) is 0 Å². The number of hydrogen-bond donors (Lipinski definition) is 0. The summed E-state index contributed by atoms with van der Waals surface area (Å²) in [7, 11) is 0. The van der Waals surface area contributed by atoms with Crippen LogP contribution in [0.3, 0.4) is 0 Å². The average molecular weight is 278 g/mol. The Bertz CT molecular complexity index is 721.